The molecule has 0 unspecified atom stereocenters. The van der Waals surface area contributed by atoms with Gasteiger partial charge in [0.15, 0.2) is 0 Å². The highest BCUT2D eigenvalue weighted by atomic mass is 35.5. The Kier molecular flexibility index (Phi) is 3.71. The maximum Gasteiger partial charge on any atom is 0.255 e. The van der Waals surface area contributed by atoms with Crippen molar-refractivity contribution in [1.29, 1.82) is 0 Å². The van der Waals surface area contributed by atoms with Gasteiger partial charge in [-0.1, -0.05) is 11.6 Å². The second-order valence-corrected chi connectivity index (χ2v) is 5.04. The van der Waals surface area contributed by atoms with E-state index in [1.54, 1.807) is 24.3 Å². The van der Waals surface area contributed by atoms with Gasteiger partial charge in [-0.25, -0.2) is 4.98 Å². The van der Waals surface area contributed by atoms with Gasteiger partial charge in [0.1, 0.15) is 18.2 Å². The van der Waals surface area contributed by atoms with Crippen LogP contribution in [0.1, 0.15) is 17.1 Å². The molecule has 20 heavy (non-hydrogen) atoms. The molecule has 0 aliphatic carbocycles. The molecular formula is C14H14ClN3O2. The molecule has 1 aliphatic heterocycles. The lowest BCUT2D eigenvalue weighted by Crippen LogP contribution is -2.32. The van der Waals surface area contributed by atoms with E-state index in [1.165, 1.54) is 0 Å². The standard InChI is InChI=1S/C14H14ClN3O2/c15-9-1-3-10(4-2-9)20-8-13-17-12-5-6-16-7-11(12)14(19)18-13/h1-4,16H,5-8H2,(H,17,18,19). The Hall–Kier alpha value is -1.85. The number of nitrogens with one attached hydrogen (secondary N) is 2. The number of rotatable bonds is 3. The molecule has 2 N–H and O–H groups in total. The average molecular weight is 292 g/mol. The third kappa shape index (κ3) is 2.84. The molecule has 3 rings (SSSR count). The monoisotopic (exact) mass is 291 g/mol. The van der Waals surface area contributed by atoms with Crippen LogP contribution in [0.4, 0.5) is 0 Å². The van der Waals surface area contributed by atoms with Crippen LogP contribution in [0.3, 0.4) is 0 Å². The lowest BCUT2D eigenvalue weighted by atomic mass is 10.1. The fourth-order valence-corrected chi connectivity index (χ4v) is 2.28. The minimum Gasteiger partial charge on any atom is -0.486 e. The number of halogens is 1. The van der Waals surface area contributed by atoms with E-state index in [4.69, 9.17) is 16.3 Å². The van der Waals surface area contributed by atoms with Crippen LogP contribution >= 0.6 is 11.6 Å². The minimum atomic E-state index is -0.0862. The van der Waals surface area contributed by atoms with Gasteiger partial charge < -0.3 is 15.0 Å². The van der Waals surface area contributed by atoms with Crippen molar-refractivity contribution in [3.05, 3.63) is 56.7 Å². The normalized spacial score (nSPS) is 13.8. The van der Waals surface area contributed by atoms with Gasteiger partial charge in [0.2, 0.25) is 0 Å². The Morgan fingerprint density at radius 1 is 1.30 bits per heavy atom. The van der Waals surface area contributed by atoms with Crippen molar-refractivity contribution < 1.29 is 4.74 Å². The van der Waals surface area contributed by atoms with Gasteiger partial charge >= 0.3 is 0 Å². The highest BCUT2D eigenvalue weighted by Gasteiger charge is 2.15. The van der Waals surface area contributed by atoms with Crippen LogP contribution in [0.25, 0.3) is 0 Å². The molecule has 0 saturated heterocycles. The Morgan fingerprint density at radius 2 is 2.10 bits per heavy atom. The van der Waals surface area contributed by atoms with E-state index in [9.17, 15) is 4.79 Å². The summed E-state index contributed by atoms with van der Waals surface area (Å²) < 4.78 is 5.59. The average Bonchev–Trinajstić information content (AvgIpc) is 2.47. The van der Waals surface area contributed by atoms with Crippen molar-refractivity contribution in [1.82, 2.24) is 15.3 Å². The molecule has 2 aromatic rings. The highest BCUT2D eigenvalue weighted by Crippen LogP contribution is 2.16. The Bertz CT molecular complexity index is 667. The molecule has 1 aromatic heterocycles. The molecule has 0 radical (unpaired) electrons. The number of ether oxygens (including phenoxy) is 1. The quantitative estimate of drug-likeness (QED) is 0.902. The molecule has 2 heterocycles. The van der Waals surface area contributed by atoms with E-state index in [0.717, 1.165) is 24.2 Å². The number of fused-ring (bicyclic) bond motifs is 1. The summed E-state index contributed by atoms with van der Waals surface area (Å²) in [5.74, 6) is 1.24. The zero-order valence-electron chi connectivity index (χ0n) is 10.8. The lowest BCUT2D eigenvalue weighted by Gasteiger charge is -2.16. The third-order valence-corrected chi connectivity index (χ3v) is 3.43. The van der Waals surface area contributed by atoms with Crippen LogP contribution in [-0.4, -0.2) is 16.5 Å². The highest BCUT2D eigenvalue weighted by molar-refractivity contribution is 6.30. The lowest BCUT2D eigenvalue weighted by molar-refractivity contribution is 0.294. The summed E-state index contributed by atoms with van der Waals surface area (Å²) >= 11 is 5.81. The van der Waals surface area contributed by atoms with E-state index in [2.05, 4.69) is 15.3 Å². The van der Waals surface area contributed by atoms with E-state index in [1.807, 2.05) is 0 Å². The summed E-state index contributed by atoms with van der Waals surface area (Å²) in [6, 6.07) is 7.07. The van der Waals surface area contributed by atoms with Crippen molar-refractivity contribution in [3.63, 3.8) is 0 Å². The number of benzene rings is 1. The molecule has 0 bridgehead atoms. The molecule has 0 atom stereocenters. The fourth-order valence-electron chi connectivity index (χ4n) is 2.16. The number of H-pyrrole nitrogens is 1. The number of hydrogen-bond acceptors (Lipinski definition) is 4. The van der Waals surface area contributed by atoms with Crippen LogP contribution in [0.15, 0.2) is 29.1 Å². The maximum atomic E-state index is 11.9. The van der Waals surface area contributed by atoms with E-state index in [0.29, 0.717) is 23.1 Å². The van der Waals surface area contributed by atoms with Crippen LogP contribution < -0.4 is 15.6 Å². The Balaban J connectivity index is 1.76. The number of aromatic nitrogens is 2. The predicted molar refractivity (Wildman–Crippen MR) is 76.1 cm³/mol. The minimum absolute atomic E-state index is 0.0862. The second-order valence-electron chi connectivity index (χ2n) is 4.61. The SMILES string of the molecule is O=c1[nH]c(COc2ccc(Cl)cc2)nc2c1CNCC2. The first kappa shape index (κ1) is 13.1. The zero-order valence-corrected chi connectivity index (χ0v) is 11.5. The van der Waals surface area contributed by atoms with Crippen LogP contribution in [0.2, 0.25) is 5.02 Å². The Morgan fingerprint density at radius 3 is 2.90 bits per heavy atom. The van der Waals surface area contributed by atoms with E-state index in [-0.39, 0.29) is 12.2 Å². The zero-order chi connectivity index (χ0) is 13.9. The topological polar surface area (TPSA) is 67.0 Å². The van der Waals surface area contributed by atoms with Crippen molar-refractivity contribution in [2.75, 3.05) is 6.54 Å². The summed E-state index contributed by atoms with van der Waals surface area (Å²) in [5.41, 5.74) is 1.51. The summed E-state index contributed by atoms with van der Waals surface area (Å²) in [7, 11) is 0. The number of hydrogen-bond donors (Lipinski definition) is 2. The molecule has 0 fully saturated rings. The molecule has 0 spiro atoms. The summed E-state index contributed by atoms with van der Waals surface area (Å²) in [6.07, 6.45) is 0.771. The molecular weight excluding hydrogens is 278 g/mol. The summed E-state index contributed by atoms with van der Waals surface area (Å²) in [6.45, 7) is 1.66. The fraction of sp³-hybridized carbons (Fsp3) is 0.286. The largest absolute Gasteiger partial charge is 0.486 e. The van der Waals surface area contributed by atoms with Gasteiger partial charge in [-0.05, 0) is 24.3 Å². The Labute approximate surface area is 121 Å². The molecule has 0 amide bonds. The van der Waals surface area contributed by atoms with Gasteiger partial charge in [-0.15, -0.1) is 0 Å². The first-order valence-corrected chi connectivity index (χ1v) is 6.80. The van der Waals surface area contributed by atoms with Gasteiger partial charge in [0.25, 0.3) is 5.56 Å². The van der Waals surface area contributed by atoms with Gasteiger partial charge in [0, 0.05) is 24.5 Å². The molecule has 5 nitrogen and oxygen atoms in total. The van der Waals surface area contributed by atoms with E-state index < -0.39 is 0 Å². The third-order valence-electron chi connectivity index (χ3n) is 3.18. The first-order valence-electron chi connectivity index (χ1n) is 6.42. The van der Waals surface area contributed by atoms with Crippen molar-refractivity contribution in [2.45, 2.75) is 19.6 Å². The molecule has 1 aromatic carbocycles. The smallest absolute Gasteiger partial charge is 0.255 e. The predicted octanol–water partition coefficient (Wildman–Crippen LogP) is 1.65. The van der Waals surface area contributed by atoms with Crippen molar-refractivity contribution in [2.24, 2.45) is 0 Å². The molecule has 104 valence electrons. The summed E-state index contributed by atoms with van der Waals surface area (Å²) in [5, 5.41) is 3.82. The van der Waals surface area contributed by atoms with Gasteiger partial charge in [0.05, 0.1) is 11.3 Å². The van der Waals surface area contributed by atoms with Crippen molar-refractivity contribution in [3.8, 4) is 5.75 Å². The van der Waals surface area contributed by atoms with Crippen LogP contribution in [-0.2, 0) is 19.6 Å². The first-order chi connectivity index (χ1) is 9.72. The number of nitrogens with zero attached hydrogens (tertiary/aromatic N) is 1. The van der Waals surface area contributed by atoms with Gasteiger partial charge in [-0.2, -0.15) is 0 Å². The molecule has 1 aliphatic rings. The second kappa shape index (κ2) is 5.64. The summed E-state index contributed by atoms with van der Waals surface area (Å²) in [4.78, 5) is 19.2. The maximum absolute atomic E-state index is 11.9. The van der Waals surface area contributed by atoms with Crippen LogP contribution in [0, 0.1) is 0 Å². The molecule has 6 heteroatoms. The van der Waals surface area contributed by atoms with E-state index >= 15 is 0 Å². The number of aromatic amines is 1. The van der Waals surface area contributed by atoms with Crippen molar-refractivity contribution >= 4 is 11.6 Å². The van der Waals surface area contributed by atoms with Gasteiger partial charge in [-0.3, -0.25) is 4.79 Å². The molecule has 0 saturated carbocycles. The van der Waals surface area contributed by atoms with Crippen LogP contribution in [0.5, 0.6) is 5.75 Å².